The maximum absolute atomic E-state index is 13.4. The maximum atomic E-state index is 13.4. The van der Waals surface area contributed by atoms with Crippen molar-refractivity contribution in [2.45, 2.75) is 19.1 Å². The highest BCUT2D eigenvalue weighted by Gasteiger charge is 2.42. The fraction of sp³-hybridized carbons (Fsp3) is 0.167. The van der Waals surface area contributed by atoms with Gasteiger partial charge in [-0.2, -0.15) is 5.10 Å². The van der Waals surface area contributed by atoms with Gasteiger partial charge in [0.1, 0.15) is 16.7 Å². The van der Waals surface area contributed by atoms with Crippen molar-refractivity contribution >= 4 is 73.3 Å². The molecule has 0 spiro atoms. The van der Waals surface area contributed by atoms with Crippen LogP contribution in [0.4, 0.5) is 0 Å². The summed E-state index contributed by atoms with van der Waals surface area (Å²) in [6.07, 6.45) is 4.03. The summed E-state index contributed by atoms with van der Waals surface area (Å²) in [5.41, 5.74) is 3.90. The number of carbonyl (C=O) groups excluding carboxylic acids is 1. The highest BCUT2D eigenvalue weighted by atomic mass is 35.5. The first-order chi connectivity index (χ1) is 20.2. The topological polar surface area (TPSA) is 81.5 Å². The lowest BCUT2D eigenvalue weighted by atomic mass is 10.1. The third-order valence-corrected chi connectivity index (χ3v) is 10.7. The molecule has 1 aromatic heterocycles. The summed E-state index contributed by atoms with van der Waals surface area (Å²) in [4.78, 5) is 15.3. The normalized spacial score (nSPS) is 19.1. The van der Waals surface area contributed by atoms with Gasteiger partial charge in [-0.1, -0.05) is 71.4 Å². The van der Waals surface area contributed by atoms with Gasteiger partial charge >= 0.3 is 0 Å². The number of halogens is 2. The van der Waals surface area contributed by atoms with Crippen molar-refractivity contribution in [3.63, 3.8) is 0 Å². The zero-order valence-electron chi connectivity index (χ0n) is 21.9. The lowest BCUT2D eigenvalue weighted by Gasteiger charge is -2.20. The van der Waals surface area contributed by atoms with Gasteiger partial charge in [0.05, 0.1) is 33.8 Å². The Kier molecular flexibility index (Phi) is 8.17. The molecule has 1 amide bonds. The van der Waals surface area contributed by atoms with Crippen LogP contribution < -0.4 is 4.74 Å². The number of thioether (sulfide) groups is 1. The first-order valence-electron chi connectivity index (χ1n) is 13.0. The number of carbonyl (C=O) groups is 1. The van der Waals surface area contributed by atoms with Crippen molar-refractivity contribution in [3.8, 4) is 22.7 Å². The van der Waals surface area contributed by atoms with Gasteiger partial charge in [-0.3, -0.25) is 9.69 Å². The van der Waals surface area contributed by atoms with Crippen molar-refractivity contribution in [2.75, 3.05) is 11.5 Å². The number of sulfone groups is 1. The molecule has 0 unspecified atom stereocenters. The van der Waals surface area contributed by atoms with Gasteiger partial charge in [0, 0.05) is 32.9 Å². The van der Waals surface area contributed by atoms with Gasteiger partial charge in [0.2, 0.25) is 0 Å². The van der Waals surface area contributed by atoms with Crippen LogP contribution in [-0.4, -0.2) is 50.9 Å². The van der Waals surface area contributed by atoms with E-state index in [1.807, 2.05) is 66.9 Å². The minimum Gasteiger partial charge on any atom is -0.489 e. The lowest BCUT2D eigenvalue weighted by molar-refractivity contribution is -0.123. The Morgan fingerprint density at radius 2 is 1.83 bits per heavy atom. The smallest absolute Gasteiger partial charge is 0.266 e. The predicted molar refractivity (Wildman–Crippen MR) is 172 cm³/mol. The van der Waals surface area contributed by atoms with Gasteiger partial charge in [0.25, 0.3) is 5.91 Å². The minimum absolute atomic E-state index is 0.0637. The summed E-state index contributed by atoms with van der Waals surface area (Å²) in [7, 11) is -3.17. The standard InChI is InChI=1S/C30H23Cl2N3O4S3/c31-22-9-6-20(26(32)15-22)17-39-25-10-7-19(8-11-25)28-21(16-34(33-28)23-4-2-1-3-5-23)14-27-29(36)35(30(40)41-27)24-12-13-42(37,38)18-24/h1-11,14-16,24H,12-13,17-18H2/b27-14-/t24-/m1/s1. The molecule has 0 aliphatic carbocycles. The summed E-state index contributed by atoms with van der Waals surface area (Å²) in [6, 6.07) is 22.0. The number of ether oxygens (including phenoxy) is 1. The molecule has 214 valence electrons. The fourth-order valence-electron chi connectivity index (χ4n) is 4.85. The van der Waals surface area contributed by atoms with Crippen molar-refractivity contribution in [2.24, 2.45) is 0 Å². The van der Waals surface area contributed by atoms with Crippen LogP contribution >= 0.6 is 47.2 Å². The van der Waals surface area contributed by atoms with E-state index in [2.05, 4.69) is 0 Å². The summed E-state index contributed by atoms with van der Waals surface area (Å²) < 4.78 is 32.2. The zero-order chi connectivity index (χ0) is 29.4. The van der Waals surface area contributed by atoms with Crippen molar-refractivity contribution < 1.29 is 17.9 Å². The zero-order valence-corrected chi connectivity index (χ0v) is 25.9. The van der Waals surface area contributed by atoms with E-state index in [0.29, 0.717) is 37.1 Å². The van der Waals surface area contributed by atoms with E-state index in [0.717, 1.165) is 22.4 Å². The molecule has 0 saturated carbocycles. The second-order valence-corrected chi connectivity index (χ2v) is 14.6. The second-order valence-electron chi connectivity index (χ2n) is 9.87. The number of para-hydroxylation sites is 1. The molecule has 2 aliphatic heterocycles. The molecule has 12 heteroatoms. The molecule has 4 aromatic rings. The Hall–Kier alpha value is -3.15. The number of hydrogen-bond acceptors (Lipinski definition) is 7. The van der Waals surface area contributed by atoms with Crippen LogP contribution in [0.1, 0.15) is 17.5 Å². The lowest BCUT2D eigenvalue weighted by Crippen LogP contribution is -2.39. The molecule has 7 nitrogen and oxygen atoms in total. The van der Waals surface area contributed by atoms with Crippen LogP contribution in [0.25, 0.3) is 23.0 Å². The summed E-state index contributed by atoms with van der Waals surface area (Å²) in [6.45, 7) is 0.285. The molecule has 0 radical (unpaired) electrons. The average Bonchev–Trinajstić information content (AvgIpc) is 3.63. The maximum Gasteiger partial charge on any atom is 0.266 e. The van der Waals surface area contributed by atoms with Crippen LogP contribution in [0.5, 0.6) is 5.75 Å². The number of rotatable bonds is 7. The minimum atomic E-state index is -3.17. The van der Waals surface area contributed by atoms with Crippen LogP contribution in [-0.2, 0) is 21.2 Å². The molecule has 3 heterocycles. The van der Waals surface area contributed by atoms with E-state index in [1.54, 1.807) is 22.9 Å². The number of aromatic nitrogens is 2. The van der Waals surface area contributed by atoms with Crippen molar-refractivity contribution in [1.82, 2.24) is 14.7 Å². The fourth-order valence-corrected chi connectivity index (χ4v) is 8.41. The summed E-state index contributed by atoms with van der Waals surface area (Å²) in [5.74, 6) is 0.368. The molecule has 0 N–H and O–H groups in total. The van der Waals surface area contributed by atoms with Gasteiger partial charge in [-0.25, -0.2) is 13.1 Å². The number of hydrogen-bond donors (Lipinski definition) is 0. The molecular formula is C30H23Cl2N3O4S3. The third kappa shape index (κ3) is 6.14. The van der Waals surface area contributed by atoms with E-state index < -0.39 is 15.9 Å². The van der Waals surface area contributed by atoms with Crippen LogP contribution in [0.3, 0.4) is 0 Å². The van der Waals surface area contributed by atoms with Crippen LogP contribution in [0.2, 0.25) is 10.0 Å². The molecule has 2 saturated heterocycles. The van der Waals surface area contributed by atoms with E-state index in [4.69, 9.17) is 45.3 Å². The number of amides is 1. The Bertz CT molecular complexity index is 1820. The predicted octanol–water partition coefficient (Wildman–Crippen LogP) is 6.81. The average molecular weight is 657 g/mol. The third-order valence-electron chi connectivity index (χ3n) is 6.98. The van der Waals surface area contributed by atoms with Gasteiger partial charge in [-0.15, -0.1) is 0 Å². The molecule has 3 aromatic carbocycles. The highest BCUT2D eigenvalue weighted by Crippen LogP contribution is 2.38. The van der Waals surface area contributed by atoms with Crippen molar-refractivity contribution in [3.05, 3.63) is 105 Å². The van der Waals surface area contributed by atoms with E-state index in [9.17, 15) is 13.2 Å². The summed E-state index contributed by atoms with van der Waals surface area (Å²) in [5, 5.41) is 5.95. The number of benzene rings is 3. The Labute approximate surface area is 263 Å². The summed E-state index contributed by atoms with van der Waals surface area (Å²) >= 11 is 18.9. The number of nitrogens with zero attached hydrogens (tertiary/aromatic N) is 3. The second kappa shape index (κ2) is 11.9. The van der Waals surface area contributed by atoms with Crippen LogP contribution in [0.15, 0.2) is 83.9 Å². The molecule has 6 rings (SSSR count). The van der Waals surface area contributed by atoms with Gasteiger partial charge < -0.3 is 4.74 Å². The largest absolute Gasteiger partial charge is 0.489 e. The Morgan fingerprint density at radius 3 is 2.52 bits per heavy atom. The van der Waals surface area contributed by atoms with Gasteiger partial charge in [0.15, 0.2) is 9.84 Å². The van der Waals surface area contributed by atoms with E-state index >= 15 is 0 Å². The molecule has 1 atom stereocenters. The molecule has 2 aliphatic rings. The monoisotopic (exact) mass is 655 g/mol. The van der Waals surface area contributed by atoms with E-state index in [1.165, 1.54) is 16.7 Å². The molecule has 0 bridgehead atoms. The Morgan fingerprint density at radius 1 is 1.07 bits per heavy atom. The highest BCUT2D eigenvalue weighted by molar-refractivity contribution is 8.26. The first-order valence-corrected chi connectivity index (χ1v) is 16.8. The van der Waals surface area contributed by atoms with Gasteiger partial charge in [-0.05, 0) is 61.0 Å². The molecule has 2 fully saturated rings. The first kappa shape index (κ1) is 28.9. The molecule has 42 heavy (non-hydrogen) atoms. The van der Waals surface area contributed by atoms with Crippen molar-refractivity contribution in [1.29, 1.82) is 0 Å². The van der Waals surface area contributed by atoms with E-state index in [-0.39, 0.29) is 24.0 Å². The quantitative estimate of drug-likeness (QED) is 0.160. The SMILES string of the molecule is O=C1/C(=C/c2cn(-c3ccccc3)nc2-c2ccc(OCc3ccc(Cl)cc3Cl)cc2)SC(=S)N1[C@@H]1CCS(=O)(=O)C1. The van der Waals surface area contributed by atoms with Crippen LogP contribution in [0, 0.1) is 0 Å². The number of thiocarbonyl (C=S) groups is 1. The Balaban J connectivity index is 1.29. The molecular weight excluding hydrogens is 633 g/mol.